The molecular weight excluding hydrogens is 349 g/mol. The molecule has 2 aromatic rings. The Balaban J connectivity index is 2.23. The summed E-state index contributed by atoms with van der Waals surface area (Å²) in [6.07, 6.45) is -4.87. The van der Waals surface area contributed by atoms with Gasteiger partial charge in [-0.25, -0.2) is 8.42 Å². The molecule has 0 saturated carbocycles. The van der Waals surface area contributed by atoms with Gasteiger partial charge >= 0.3 is 6.18 Å². The van der Waals surface area contributed by atoms with E-state index in [0.29, 0.717) is 6.07 Å². The standard InChI is InChI=1S/C14H11F3N2O4S/c15-14(16,17)11-6-1-2-7-12(11)24(22,23)19-18-13(21)9-4-3-5-10(20)8-9/h1-8,19-20H,(H,18,21). The summed E-state index contributed by atoms with van der Waals surface area (Å²) in [5, 5.41) is 9.25. The van der Waals surface area contributed by atoms with E-state index in [1.807, 2.05) is 0 Å². The summed E-state index contributed by atoms with van der Waals surface area (Å²) in [6, 6.07) is 8.55. The topological polar surface area (TPSA) is 95.5 Å². The van der Waals surface area contributed by atoms with Gasteiger partial charge in [0.2, 0.25) is 0 Å². The Kier molecular flexibility index (Phi) is 4.81. The van der Waals surface area contributed by atoms with Crippen LogP contribution in [0.3, 0.4) is 0 Å². The smallest absolute Gasteiger partial charge is 0.417 e. The summed E-state index contributed by atoms with van der Waals surface area (Å²) in [5.41, 5.74) is 0.349. The first kappa shape index (κ1) is 17.8. The average molecular weight is 360 g/mol. The van der Waals surface area contributed by atoms with Crippen molar-refractivity contribution in [3.63, 3.8) is 0 Å². The van der Waals surface area contributed by atoms with Gasteiger partial charge in [0.05, 0.1) is 10.5 Å². The molecule has 0 radical (unpaired) electrons. The van der Waals surface area contributed by atoms with Gasteiger partial charge in [0.1, 0.15) is 5.75 Å². The predicted octanol–water partition coefficient (Wildman–Crippen LogP) is 2.03. The van der Waals surface area contributed by atoms with E-state index in [9.17, 15) is 31.5 Å². The van der Waals surface area contributed by atoms with Gasteiger partial charge in [0.25, 0.3) is 15.9 Å². The lowest BCUT2D eigenvalue weighted by atomic mass is 10.2. The summed E-state index contributed by atoms with van der Waals surface area (Å²) < 4.78 is 62.7. The van der Waals surface area contributed by atoms with E-state index in [2.05, 4.69) is 0 Å². The number of hydrogen-bond donors (Lipinski definition) is 3. The highest BCUT2D eigenvalue weighted by molar-refractivity contribution is 7.89. The molecule has 0 aromatic heterocycles. The lowest BCUT2D eigenvalue weighted by Gasteiger charge is -2.14. The number of aromatic hydroxyl groups is 1. The van der Waals surface area contributed by atoms with E-state index in [1.165, 1.54) is 18.2 Å². The number of rotatable bonds is 4. The molecule has 0 bridgehead atoms. The number of phenolic OH excluding ortho intramolecular Hbond substituents is 1. The van der Waals surface area contributed by atoms with E-state index in [4.69, 9.17) is 0 Å². The Morgan fingerprint density at radius 1 is 1.04 bits per heavy atom. The lowest BCUT2D eigenvalue weighted by molar-refractivity contribution is -0.139. The van der Waals surface area contributed by atoms with Crippen LogP contribution in [0.4, 0.5) is 13.2 Å². The molecule has 0 atom stereocenters. The SMILES string of the molecule is O=C(NNS(=O)(=O)c1ccccc1C(F)(F)F)c1cccc(O)c1. The number of sulfonamides is 1. The first-order valence-electron chi connectivity index (χ1n) is 6.38. The van der Waals surface area contributed by atoms with Crippen LogP contribution < -0.4 is 10.3 Å². The summed E-state index contributed by atoms with van der Waals surface area (Å²) >= 11 is 0. The third-order valence-corrected chi connectivity index (χ3v) is 4.20. The molecule has 24 heavy (non-hydrogen) atoms. The number of halogens is 3. The minimum atomic E-state index is -4.87. The summed E-state index contributed by atoms with van der Waals surface area (Å²) in [4.78, 5) is 12.4. The van der Waals surface area contributed by atoms with E-state index in [-0.39, 0.29) is 11.3 Å². The van der Waals surface area contributed by atoms with Crippen LogP contribution in [0.1, 0.15) is 15.9 Å². The molecule has 0 heterocycles. The van der Waals surface area contributed by atoms with Crippen LogP contribution in [0.2, 0.25) is 0 Å². The Labute approximate surface area is 135 Å². The van der Waals surface area contributed by atoms with Gasteiger partial charge in [-0.05, 0) is 30.3 Å². The molecule has 3 N–H and O–H groups in total. The van der Waals surface area contributed by atoms with E-state index < -0.39 is 32.6 Å². The first-order chi connectivity index (χ1) is 11.1. The van der Waals surface area contributed by atoms with E-state index in [0.717, 1.165) is 24.3 Å². The molecule has 128 valence electrons. The molecule has 0 aliphatic heterocycles. The van der Waals surface area contributed by atoms with Crippen LogP contribution in [0.25, 0.3) is 0 Å². The second kappa shape index (κ2) is 6.49. The van der Waals surface area contributed by atoms with Gasteiger partial charge < -0.3 is 5.11 Å². The minimum Gasteiger partial charge on any atom is -0.508 e. The second-order valence-corrected chi connectivity index (χ2v) is 6.25. The van der Waals surface area contributed by atoms with Gasteiger partial charge in [-0.3, -0.25) is 10.2 Å². The van der Waals surface area contributed by atoms with Crippen molar-refractivity contribution in [3.8, 4) is 5.75 Å². The maximum Gasteiger partial charge on any atom is 0.417 e. The van der Waals surface area contributed by atoms with Crippen molar-refractivity contribution < 1.29 is 31.5 Å². The summed E-state index contributed by atoms with van der Waals surface area (Å²) in [7, 11) is -4.65. The summed E-state index contributed by atoms with van der Waals surface area (Å²) in [6.45, 7) is 0. The Morgan fingerprint density at radius 3 is 2.33 bits per heavy atom. The average Bonchev–Trinajstić information content (AvgIpc) is 2.52. The maximum absolute atomic E-state index is 12.9. The van der Waals surface area contributed by atoms with Crippen LogP contribution in [0.5, 0.6) is 5.75 Å². The fraction of sp³-hybridized carbons (Fsp3) is 0.0714. The number of hydrogen-bond acceptors (Lipinski definition) is 4. The van der Waals surface area contributed by atoms with Gasteiger partial charge in [-0.1, -0.05) is 18.2 Å². The highest BCUT2D eigenvalue weighted by Gasteiger charge is 2.36. The van der Waals surface area contributed by atoms with E-state index in [1.54, 1.807) is 10.3 Å². The number of phenols is 1. The summed E-state index contributed by atoms with van der Waals surface area (Å²) in [5.74, 6) is -1.17. The lowest BCUT2D eigenvalue weighted by Crippen LogP contribution is -2.42. The van der Waals surface area contributed by atoms with Gasteiger partial charge in [-0.15, -0.1) is 4.83 Å². The number of hydrazine groups is 1. The molecular formula is C14H11F3N2O4S. The zero-order chi connectivity index (χ0) is 18.0. The number of amides is 1. The zero-order valence-corrected chi connectivity index (χ0v) is 12.6. The number of alkyl halides is 3. The van der Waals surface area contributed by atoms with Crippen LogP contribution in [-0.4, -0.2) is 19.4 Å². The van der Waals surface area contributed by atoms with Gasteiger partial charge in [0, 0.05) is 5.56 Å². The maximum atomic E-state index is 12.9. The van der Waals surface area contributed by atoms with Crippen LogP contribution in [-0.2, 0) is 16.2 Å². The van der Waals surface area contributed by atoms with Crippen molar-refractivity contribution in [2.45, 2.75) is 11.1 Å². The number of nitrogens with one attached hydrogen (secondary N) is 2. The second-order valence-electron chi connectivity index (χ2n) is 4.60. The fourth-order valence-electron chi connectivity index (χ4n) is 1.82. The first-order valence-corrected chi connectivity index (χ1v) is 7.87. The Morgan fingerprint density at radius 2 is 1.71 bits per heavy atom. The molecule has 10 heteroatoms. The van der Waals surface area contributed by atoms with Crippen LogP contribution in [0.15, 0.2) is 53.4 Å². The Bertz CT molecular complexity index is 866. The highest BCUT2D eigenvalue weighted by Crippen LogP contribution is 2.33. The van der Waals surface area contributed by atoms with Crippen molar-refractivity contribution in [2.24, 2.45) is 0 Å². The van der Waals surface area contributed by atoms with Crippen molar-refractivity contribution in [3.05, 3.63) is 59.7 Å². The largest absolute Gasteiger partial charge is 0.508 e. The third kappa shape index (κ3) is 4.03. The molecule has 0 aliphatic rings. The number of carbonyl (C=O) groups is 1. The van der Waals surface area contributed by atoms with Crippen LogP contribution in [0, 0.1) is 0 Å². The Hall–Kier alpha value is -2.59. The fourth-order valence-corrected chi connectivity index (χ4v) is 2.89. The zero-order valence-electron chi connectivity index (χ0n) is 11.8. The normalized spacial score (nSPS) is 12.0. The van der Waals surface area contributed by atoms with Crippen molar-refractivity contribution in [2.75, 3.05) is 0 Å². The van der Waals surface area contributed by atoms with Crippen molar-refractivity contribution in [1.29, 1.82) is 0 Å². The van der Waals surface area contributed by atoms with E-state index >= 15 is 0 Å². The number of benzene rings is 2. The molecule has 6 nitrogen and oxygen atoms in total. The van der Waals surface area contributed by atoms with Crippen molar-refractivity contribution >= 4 is 15.9 Å². The molecule has 0 fully saturated rings. The van der Waals surface area contributed by atoms with Gasteiger partial charge in [0.15, 0.2) is 0 Å². The molecule has 0 aliphatic carbocycles. The molecule has 0 unspecified atom stereocenters. The molecule has 1 amide bonds. The number of carbonyl (C=O) groups excluding carboxylic acids is 1. The van der Waals surface area contributed by atoms with Crippen LogP contribution >= 0.6 is 0 Å². The molecule has 0 spiro atoms. The molecule has 2 aromatic carbocycles. The molecule has 2 rings (SSSR count). The molecule has 0 saturated heterocycles. The monoisotopic (exact) mass is 360 g/mol. The predicted molar refractivity (Wildman–Crippen MR) is 77.3 cm³/mol. The minimum absolute atomic E-state index is 0.0817. The van der Waals surface area contributed by atoms with Gasteiger partial charge in [-0.2, -0.15) is 13.2 Å². The highest BCUT2D eigenvalue weighted by atomic mass is 32.2. The quantitative estimate of drug-likeness (QED) is 0.727. The third-order valence-electron chi connectivity index (χ3n) is 2.89. The van der Waals surface area contributed by atoms with Crippen molar-refractivity contribution in [1.82, 2.24) is 10.3 Å².